The van der Waals surface area contributed by atoms with Crippen molar-refractivity contribution in [2.75, 3.05) is 18.5 Å². The molecule has 3 heteroatoms. The van der Waals surface area contributed by atoms with E-state index >= 15 is 0 Å². The highest BCUT2D eigenvalue weighted by Crippen LogP contribution is 2.52. The summed E-state index contributed by atoms with van der Waals surface area (Å²) in [5.41, 5.74) is 0. The van der Waals surface area contributed by atoms with Crippen LogP contribution in [0, 0.1) is 11.8 Å². The van der Waals surface area contributed by atoms with Crippen LogP contribution in [0.15, 0.2) is 0 Å². The van der Waals surface area contributed by atoms with Gasteiger partial charge in [-0.2, -0.15) is 0 Å². The number of hydrogen-bond acceptors (Lipinski definition) is 2. The zero-order valence-electron chi connectivity index (χ0n) is 15.9. The Labute approximate surface area is 146 Å². The minimum absolute atomic E-state index is 0.251. The van der Waals surface area contributed by atoms with Crippen molar-refractivity contribution in [2.24, 2.45) is 11.8 Å². The Morgan fingerprint density at radius 2 is 1.41 bits per heavy atom. The lowest BCUT2D eigenvalue weighted by Gasteiger charge is -2.22. The van der Waals surface area contributed by atoms with Crippen LogP contribution in [0.4, 0.5) is 0 Å². The molecule has 0 aromatic carbocycles. The molecule has 0 amide bonds. The zero-order valence-corrected chi connectivity index (χ0v) is 17.6. The Bertz CT molecular complexity index is 205. The first-order chi connectivity index (χ1) is 10.7. The summed E-state index contributed by atoms with van der Waals surface area (Å²) in [6.07, 6.45) is 13.5. The number of rotatable bonds is 16. The van der Waals surface area contributed by atoms with Gasteiger partial charge < -0.3 is 4.52 Å². The molecule has 0 aliphatic carbocycles. The smallest absolute Gasteiger partial charge is 0.0887 e. The van der Waals surface area contributed by atoms with Crippen LogP contribution in [-0.4, -0.2) is 18.5 Å². The minimum Gasteiger partial charge on any atom is -0.348 e. The highest BCUT2D eigenvalue weighted by molar-refractivity contribution is 8.54. The standard InChI is InChI=1S/C19H41OPS/c1-6-11-13-18(8-3)15-16-21(22-10-5)20-17-19(9-4)14-12-7-2/h18-19H,6-17H2,1-5H3. The van der Waals surface area contributed by atoms with Crippen LogP contribution in [0.3, 0.4) is 0 Å². The van der Waals surface area contributed by atoms with Gasteiger partial charge in [-0.1, -0.05) is 79.6 Å². The van der Waals surface area contributed by atoms with Crippen molar-refractivity contribution < 1.29 is 4.52 Å². The predicted molar refractivity (Wildman–Crippen MR) is 107 cm³/mol. The van der Waals surface area contributed by atoms with Crippen molar-refractivity contribution in [2.45, 2.75) is 92.4 Å². The SMILES string of the molecule is CCCCC(CC)CCP(OCC(CC)CCCC)SCC. The van der Waals surface area contributed by atoms with E-state index in [4.69, 9.17) is 4.52 Å². The predicted octanol–water partition coefficient (Wildman–Crippen LogP) is 7.89. The fourth-order valence-electron chi connectivity index (χ4n) is 2.73. The van der Waals surface area contributed by atoms with Gasteiger partial charge in [0, 0.05) is 6.16 Å². The summed E-state index contributed by atoms with van der Waals surface area (Å²) in [6, 6.07) is 0. The van der Waals surface area contributed by atoms with Crippen LogP contribution in [0.25, 0.3) is 0 Å². The molecular weight excluding hydrogens is 307 g/mol. The molecule has 0 N–H and O–H groups in total. The number of hydrogen-bond donors (Lipinski definition) is 0. The third-order valence-corrected chi connectivity index (χ3v) is 8.64. The molecule has 22 heavy (non-hydrogen) atoms. The largest absolute Gasteiger partial charge is 0.348 e. The van der Waals surface area contributed by atoms with E-state index < -0.39 is 0 Å². The van der Waals surface area contributed by atoms with Crippen molar-refractivity contribution in [3.63, 3.8) is 0 Å². The maximum absolute atomic E-state index is 6.36. The average Bonchev–Trinajstić information content (AvgIpc) is 2.54. The first kappa shape index (κ1) is 22.7. The molecule has 134 valence electrons. The van der Waals surface area contributed by atoms with E-state index in [1.165, 1.54) is 69.7 Å². The molecule has 0 aliphatic heterocycles. The van der Waals surface area contributed by atoms with Crippen LogP contribution in [0.5, 0.6) is 0 Å². The molecule has 0 aliphatic rings. The Balaban J connectivity index is 4.11. The highest BCUT2D eigenvalue weighted by Gasteiger charge is 2.15. The Hall–Kier alpha value is 0.740. The van der Waals surface area contributed by atoms with Gasteiger partial charge in [0.25, 0.3) is 0 Å². The van der Waals surface area contributed by atoms with E-state index in [1.54, 1.807) is 0 Å². The minimum atomic E-state index is -0.251. The topological polar surface area (TPSA) is 9.23 Å². The maximum atomic E-state index is 6.36. The van der Waals surface area contributed by atoms with Gasteiger partial charge in [0.2, 0.25) is 0 Å². The first-order valence-electron chi connectivity index (χ1n) is 9.74. The lowest BCUT2D eigenvalue weighted by atomic mass is 9.97. The fourth-order valence-corrected chi connectivity index (χ4v) is 6.28. The molecule has 0 aromatic heterocycles. The van der Waals surface area contributed by atoms with E-state index in [1.807, 2.05) is 0 Å². The van der Waals surface area contributed by atoms with E-state index in [2.05, 4.69) is 46.0 Å². The molecule has 0 rings (SSSR count). The van der Waals surface area contributed by atoms with Crippen LogP contribution < -0.4 is 0 Å². The van der Waals surface area contributed by atoms with E-state index in [-0.39, 0.29) is 7.35 Å². The summed E-state index contributed by atoms with van der Waals surface area (Å²) in [5, 5.41) is 0. The molecule has 0 aromatic rings. The summed E-state index contributed by atoms with van der Waals surface area (Å²) in [6.45, 7) is 12.5. The monoisotopic (exact) mass is 348 g/mol. The second-order valence-corrected chi connectivity index (χ2v) is 10.6. The molecule has 0 bridgehead atoms. The van der Waals surface area contributed by atoms with Crippen LogP contribution in [-0.2, 0) is 4.52 Å². The Morgan fingerprint density at radius 3 is 1.91 bits per heavy atom. The maximum Gasteiger partial charge on any atom is 0.0887 e. The molecule has 0 saturated carbocycles. The molecule has 0 spiro atoms. The average molecular weight is 349 g/mol. The molecule has 1 nitrogen and oxygen atoms in total. The van der Waals surface area contributed by atoms with Gasteiger partial charge in [-0.05, 0) is 30.4 Å². The second kappa shape index (κ2) is 16.6. The van der Waals surface area contributed by atoms with Crippen LogP contribution >= 0.6 is 18.7 Å². The third-order valence-electron chi connectivity index (χ3n) is 4.53. The number of unbranched alkanes of at least 4 members (excludes halogenated alkanes) is 2. The molecule has 0 fully saturated rings. The van der Waals surface area contributed by atoms with Gasteiger partial charge in [-0.3, -0.25) is 0 Å². The second-order valence-electron chi connectivity index (χ2n) is 6.39. The summed E-state index contributed by atoms with van der Waals surface area (Å²) < 4.78 is 6.36. The van der Waals surface area contributed by atoms with E-state index in [0.29, 0.717) is 0 Å². The fraction of sp³-hybridized carbons (Fsp3) is 1.00. The van der Waals surface area contributed by atoms with Gasteiger partial charge in [0.05, 0.1) is 14.0 Å². The van der Waals surface area contributed by atoms with Gasteiger partial charge in [-0.15, -0.1) is 11.4 Å². The molecule has 0 radical (unpaired) electrons. The van der Waals surface area contributed by atoms with Crippen molar-refractivity contribution in [3.05, 3.63) is 0 Å². The summed E-state index contributed by atoms with van der Waals surface area (Å²) in [7, 11) is -0.251. The van der Waals surface area contributed by atoms with Crippen molar-refractivity contribution >= 4 is 18.7 Å². The molecule has 3 unspecified atom stereocenters. The van der Waals surface area contributed by atoms with Gasteiger partial charge in [-0.25, -0.2) is 0 Å². The van der Waals surface area contributed by atoms with E-state index in [0.717, 1.165) is 18.4 Å². The van der Waals surface area contributed by atoms with Gasteiger partial charge >= 0.3 is 0 Å². The quantitative estimate of drug-likeness (QED) is 0.262. The van der Waals surface area contributed by atoms with Crippen LogP contribution in [0.1, 0.15) is 92.4 Å². The van der Waals surface area contributed by atoms with Crippen LogP contribution in [0.2, 0.25) is 0 Å². The zero-order chi connectivity index (χ0) is 16.6. The van der Waals surface area contributed by atoms with E-state index in [9.17, 15) is 0 Å². The summed E-state index contributed by atoms with van der Waals surface area (Å²) >= 11 is 2.07. The molecular formula is C19H41OPS. The lowest BCUT2D eigenvalue weighted by molar-refractivity contribution is 0.257. The highest BCUT2D eigenvalue weighted by atomic mass is 32.7. The van der Waals surface area contributed by atoms with Gasteiger partial charge in [0.15, 0.2) is 0 Å². The summed E-state index contributed by atoms with van der Waals surface area (Å²) in [4.78, 5) is 0. The summed E-state index contributed by atoms with van der Waals surface area (Å²) in [5.74, 6) is 2.90. The third kappa shape index (κ3) is 12.2. The molecule has 0 heterocycles. The van der Waals surface area contributed by atoms with Crippen molar-refractivity contribution in [3.8, 4) is 0 Å². The Kier molecular flexibility index (Phi) is 17.2. The lowest BCUT2D eigenvalue weighted by Crippen LogP contribution is -2.08. The van der Waals surface area contributed by atoms with Crippen molar-refractivity contribution in [1.29, 1.82) is 0 Å². The first-order valence-corrected chi connectivity index (χ1v) is 12.8. The van der Waals surface area contributed by atoms with Gasteiger partial charge in [0.1, 0.15) is 0 Å². The normalized spacial score (nSPS) is 15.7. The Morgan fingerprint density at radius 1 is 0.818 bits per heavy atom. The molecule has 3 atom stereocenters. The van der Waals surface area contributed by atoms with Crippen molar-refractivity contribution in [1.82, 2.24) is 0 Å². The molecule has 0 saturated heterocycles.